The van der Waals surface area contributed by atoms with Crippen LogP contribution in [0.25, 0.3) is 0 Å². The van der Waals surface area contributed by atoms with E-state index in [1.807, 2.05) is 26.2 Å². The van der Waals surface area contributed by atoms with E-state index < -0.39 is 6.10 Å². The van der Waals surface area contributed by atoms with Crippen molar-refractivity contribution in [2.75, 3.05) is 45.9 Å². The van der Waals surface area contributed by atoms with Crippen LogP contribution in [0.2, 0.25) is 0 Å². The van der Waals surface area contributed by atoms with Gasteiger partial charge in [-0.2, -0.15) is 0 Å². The number of aliphatic hydroxyl groups excluding tert-OH is 1. The van der Waals surface area contributed by atoms with Gasteiger partial charge in [0.15, 0.2) is 0 Å². The van der Waals surface area contributed by atoms with Gasteiger partial charge in [0, 0.05) is 44.9 Å². The minimum absolute atomic E-state index is 0.0663. The van der Waals surface area contributed by atoms with E-state index in [4.69, 9.17) is 14.2 Å². The number of rotatable bonds is 7. The number of methoxy groups -OCH3 is 1. The summed E-state index contributed by atoms with van der Waals surface area (Å²) in [7, 11) is 5.60. The van der Waals surface area contributed by atoms with Gasteiger partial charge >= 0.3 is 0 Å². The molecule has 0 bridgehead atoms. The van der Waals surface area contributed by atoms with Gasteiger partial charge in [0.05, 0.1) is 25.7 Å². The molecule has 1 aromatic carbocycles. The van der Waals surface area contributed by atoms with E-state index in [1.165, 1.54) is 0 Å². The first kappa shape index (κ1) is 18.9. The van der Waals surface area contributed by atoms with Crippen LogP contribution >= 0.6 is 0 Å². The van der Waals surface area contributed by atoms with Crippen molar-refractivity contribution in [3.63, 3.8) is 0 Å². The Labute approximate surface area is 154 Å². The molecule has 7 heteroatoms. The number of hydrogen-bond donors (Lipinski definition) is 2. The molecule has 3 rings (SSSR count). The standard InChI is InChI=1S/C19H28N2O5/c1-21(2)12-4-5-16-14(8-12)15-9-13(10-18(23)20-6-7-24-3)25-17(11-22)19(15)26-16/h4-5,8,13,15,17,19,22H,6-7,9-11H2,1-3H3,(H,20,23)/t13-,15+,17-,19-/m0/s1. The summed E-state index contributed by atoms with van der Waals surface area (Å²) < 4.78 is 17.0. The van der Waals surface area contributed by atoms with Crippen molar-refractivity contribution in [2.24, 2.45) is 0 Å². The van der Waals surface area contributed by atoms with Crippen LogP contribution < -0.4 is 15.0 Å². The second-order valence-corrected chi connectivity index (χ2v) is 7.07. The van der Waals surface area contributed by atoms with Gasteiger partial charge in [0.2, 0.25) is 5.91 Å². The van der Waals surface area contributed by atoms with Crippen LogP contribution in [0.3, 0.4) is 0 Å². The Kier molecular flexibility index (Phi) is 6.01. The molecule has 0 aromatic heterocycles. The number of carbonyl (C=O) groups excluding carboxylic acids is 1. The smallest absolute Gasteiger partial charge is 0.222 e. The number of fused-ring (bicyclic) bond motifs is 3. The van der Waals surface area contributed by atoms with Crippen LogP contribution in [0.5, 0.6) is 5.75 Å². The Morgan fingerprint density at radius 1 is 1.42 bits per heavy atom. The lowest BCUT2D eigenvalue weighted by atomic mass is 9.84. The minimum atomic E-state index is -0.430. The van der Waals surface area contributed by atoms with E-state index in [0.717, 1.165) is 17.0 Å². The lowest BCUT2D eigenvalue weighted by Gasteiger charge is -2.37. The second-order valence-electron chi connectivity index (χ2n) is 7.07. The van der Waals surface area contributed by atoms with E-state index in [-0.39, 0.29) is 37.1 Å². The molecule has 1 aromatic rings. The molecule has 0 radical (unpaired) electrons. The first-order chi connectivity index (χ1) is 12.5. The maximum atomic E-state index is 12.1. The molecule has 0 aliphatic carbocycles. The van der Waals surface area contributed by atoms with E-state index in [2.05, 4.69) is 16.3 Å². The number of carbonyl (C=O) groups is 1. The van der Waals surface area contributed by atoms with Gasteiger partial charge in [-0.1, -0.05) is 0 Å². The molecule has 0 unspecified atom stereocenters. The summed E-state index contributed by atoms with van der Waals surface area (Å²) in [5.41, 5.74) is 2.24. The van der Waals surface area contributed by atoms with Crippen molar-refractivity contribution in [2.45, 2.75) is 37.1 Å². The van der Waals surface area contributed by atoms with Crippen molar-refractivity contribution in [3.05, 3.63) is 23.8 Å². The maximum Gasteiger partial charge on any atom is 0.222 e. The van der Waals surface area contributed by atoms with Crippen molar-refractivity contribution < 1.29 is 24.1 Å². The molecule has 4 atom stereocenters. The number of anilines is 1. The summed E-state index contributed by atoms with van der Waals surface area (Å²) >= 11 is 0. The molecule has 1 amide bonds. The fourth-order valence-electron chi connectivity index (χ4n) is 3.73. The highest BCUT2D eigenvalue weighted by Gasteiger charge is 2.46. The Morgan fingerprint density at radius 3 is 2.92 bits per heavy atom. The summed E-state index contributed by atoms with van der Waals surface area (Å²) in [6, 6.07) is 6.13. The Bertz CT molecular complexity index is 636. The molecule has 144 valence electrons. The zero-order chi connectivity index (χ0) is 18.7. The topological polar surface area (TPSA) is 80.3 Å². The monoisotopic (exact) mass is 364 g/mol. The molecular formula is C19H28N2O5. The molecule has 2 aliphatic rings. The third-order valence-corrected chi connectivity index (χ3v) is 5.04. The molecule has 1 saturated heterocycles. The van der Waals surface area contributed by atoms with Gasteiger partial charge in [-0.3, -0.25) is 4.79 Å². The number of amides is 1. The number of nitrogens with zero attached hydrogens (tertiary/aromatic N) is 1. The summed E-state index contributed by atoms with van der Waals surface area (Å²) in [6.45, 7) is 0.836. The fraction of sp³-hybridized carbons (Fsp3) is 0.632. The average molecular weight is 364 g/mol. The molecule has 1 fully saturated rings. The van der Waals surface area contributed by atoms with Gasteiger partial charge < -0.3 is 29.5 Å². The Hall–Kier alpha value is -1.83. The predicted molar refractivity (Wildman–Crippen MR) is 97.8 cm³/mol. The van der Waals surface area contributed by atoms with Crippen LogP contribution in [0, 0.1) is 0 Å². The predicted octanol–water partition coefficient (Wildman–Crippen LogP) is 0.900. The third-order valence-electron chi connectivity index (χ3n) is 5.04. The lowest BCUT2D eigenvalue weighted by Crippen LogP contribution is -2.47. The zero-order valence-corrected chi connectivity index (χ0v) is 15.6. The molecule has 2 N–H and O–H groups in total. The van der Waals surface area contributed by atoms with Gasteiger partial charge in [-0.25, -0.2) is 0 Å². The molecule has 0 saturated carbocycles. The average Bonchev–Trinajstić information content (AvgIpc) is 2.99. The van der Waals surface area contributed by atoms with E-state index >= 15 is 0 Å². The number of benzene rings is 1. The van der Waals surface area contributed by atoms with Crippen LogP contribution in [0.15, 0.2) is 18.2 Å². The van der Waals surface area contributed by atoms with Crippen LogP contribution in [-0.4, -0.2) is 70.3 Å². The fourth-order valence-corrected chi connectivity index (χ4v) is 3.73. The highest BCUT2D eigenvalue weighted by atomic mass is 16.6. The maximum absolute atomic E-state index is 12.1. The van der Waals surface area contributed by atoms with Gasteiger partial charge in [-0.15, -0.1) is 0 Å². The van der Waals surface area contributed by atoms with Crippen LogP contribution in [-0.2, 0) is 14.3 Å². The van der Waals surface area contributed by atoms with Crippen LogP contribution in [0.4, 0.5) is 5.69 Å². The largest absolute Gasteiger partial charge is 0.487 e. The highest BCUT2D eigenvalue weighted by Crippen LogP contribution is 2.47. The van der Waals surface area contributed by atoms with Crippen molar-refractivity contribution in [1.82, 2.24) is 5.32 Å². The summed E-state index contributed by atoms with van der Waals surface area (Å²) in [5.74, 6) is 0.897. The number of ether oxygens (including phenoxy) is 3. The SMILES string of the molecule is COCCNC(=O)C[C@@H]1C[C@@H]2c3cc(N(C)C)ccc3O[C@@H]2[C@H](CO)O1. The lowest BCUT2D eigenvalue weighted by molar-refractivity contribution is -0.142. The van der Waals surface area contributed by atoms with Crippen molar-refractivity contribution >= 4 is 11.6 Å². The normalized spacial score (nSPS) is 26.6. The van der Waals surface area contributed by atoms with E-state index in [0.29, 0.717) is 19.6 Å². The molecule has 7 nitrogen and oxygen atoms in total. The number of hydrogen-bond acceptors (Lipinski definition) is 6. The zero-order valence-electron chi connectivity index (χ0n) is 15.6. The molecule has 2 heterocycles. The van der Waals surface area contributed by atoms with Gasteiger partial charge in [0.1, 0.15) is 18.0 Å². The second kappa shape index (κ2) is 8.24. The molecule has 0 spiro atoms. The summed E-state index contributed by atoms with van der Waals surface area (Å²) in [4.78, 5) is 14.2. The Morgan fingerprint density at radius 2 is 2.23 bits per heavy atom. The van der Waals surface area contributed by atoms with E-state index in [1.54, 1.807) is 7.11 Å². The van der Waals surface area contributed by atoms with Crippen molar-refractivity contribution in [3.8, 4) is 5.75 Å². The van der Waals surface area contributed by atoms with Crippen LogP contribution in [0.1, 0.15) is 24.3 Å². The van der Waals surface area contributed by atoms with Gasteiger partial charge in [0.25, 0.3) is 0 Å². The van der Waals surface area contributed by atoms with Crippen molar-refractivity contribution in [1.29, 1.82) is 0 Å². The van der Waals surface area contributed by atoms with Gasteiger partial charge in [-0.05, 0) is 24.6 Å². The van der Waals surface area contributed by atoms with E-state index in [9.17, 15) is 9.90 Å². The summed E-state index contributed by atoms with van der Waals surface area (Å²) in [6.07, 6.45) is 0.0870. The highest BCUT2D eigenvalue weighted by molar-refractivity contribution is 5.76. The summed E-state index contributed by atoms with van der Waals surface area (Å²) in [5, 5.41) is 12.6. The number of aliphatic hydroxyl groups is 1. The molecule has 2 aliphatic heterocycles. The Balaban J connectivity index is 1.72. The first-order valence-electron chi connectivity index (χ1n) is 9.03. The molecular weight excluding hydrogens is 336 g/mol. The quantitative estimate of drug-likeness (QED) is 0.700. The third kappa shape index (κ3) is 3.95. The number of nitrogens with one attached hydrogen (secondary N) is 1. The minimum Gasteiger partial charge on any atom is -0.487 e. The first-order valence-corrected chi connectivity index (χ1v) is 9.03. The molecule has 26 heavy (non-hydrogen) atoms.